The first-order valence-electron chi connectivity index (χ1n) is 5.89. The van der Waals surface area contributed by atoms with E-state index in [1.807, 2.05) is 13.8 Å². The first kappa shape index (κ1) is 13.7. The molecule has 1 aromatic heterocycles. The van der Waals surface area contributed by atoms with E-state index in [0.717, 1.165) is 17.9 Å². The molecular weight excluding hydrogens is 311 g/mol. The van der Waals surface area contributed by atoms with Gasteiger partial charge in [0.2, 0.25) is 0 Å². The van der Waals surface area contributed by atoms with Crippen LogP contribution in [0, 0.1) is 12.7 Å². The minimum absolute atomic E-state index is 0.316. The van der Waals surface area contributed by atoms with E-state index in [1.54, 1.807) is 12.1 Å². The standard InChI is InChI=1S/C13H14BrFN4/c1-3-16-12-8(2)13(18-7-17-12)19-9-4-5-10(14)11(15)6-9/h4-7H,3H2,1-2H3,(H2,16,17,18,19). The number of hydrogen-bond acceptors (Lipinski definition) is 4. The Hall–Kier alpha value is -1.69. The molecule has 1 heterocycles. The van der Waals surface area contributed by atoms with Crippen molar-refractivity contribution in [2.24, 2.45) is 0 Å². The molecule has 0 amide bonds. The molecule has 6 heteroatoms. The van der Waals surface area contributed by atoms with Crippen molar-refractivity contribution >= 4 is 33.3 Å². The quantitative estimate of drug-likeness (QED) is 0.896. The van der Waals surface area contributed by atoms with Crippen LogP contribution < -0.4 is 10.6 Å². The zero-order valence-electron chi connectivity index (χ0n) is 10.7. The molecule has 1 aromatic carbocycles. The molecule has 0 saturated heterocycles. The van der Waals surface area contributed by atoms with Crippen LogP contribution in [0.4, 0.5) is 21.7 Å². The lowest BCUT2D eigenvalue weighted by atomic mass is 10.2. The van der Waals surface area contributed by atoms with Crippen LogP contribution >= 0.6 is 15.9 Å². The molecule has 100 valence electrons. The minimum atomic E-state index is -0.316. The average Bonchev–Trinajstić information content (AvgIpc) is 2.39. The van der Waals surface area contributed by atoms with E-state index in [9.17, 15) is 4.39 Å². The van der Waals surface area contributed by atoms with Gasteiger partial charge in [0.1, 0.15) is 23.8 Å². The number of aromatic nitrogens is 2. The van der Waals surface area contributed by atoms with Gasteiger partial charge in [-0.2, -0.15) is 0 Å². The Balaban J connectivity index is 2.27. The predicted molar refractivity (Wildman–Crippen MR) is 78.3 cm³/mol. The highest BCUT2D eigenvalue weighted by molar-refractivity contribution is 9.10. The molecule has 0 radical (unpaired) electrons. The van der Waals surface area contributed by atoms with E-state index in [1.165, 1.54) is 12.4 Å². The molecule has 2 aromatic rings. The van der Waals surface area contributed by atoms with Gasteiger partial charge < -0.3 is 10.6 Å². The molecular formula is C13H14BrFN4. The predicted octanol–water partition coefficient (Wildman–Crippen LogP) is 3.86. The van der Waals surface area contributed by atoms with Crippen LogP contribution in [0.15, 0.2) is 29.0 Å². The molecule has 0 unspecified atom stereocenters. The van der Waals surface area contributed by atoms with Gasteiger partial charge in [0.25, 0.3) is 0 Å². The first-order chi connectivity index (χ1) is 9.11. The van der Waals surface area contributed by atoms with E-state index in [2.05, 4.69) is 36.5 Å². The molecule has 0 saturated carbocycles. The smallest absolute Gasteiger partial charge is 0.139 e. The van der Waals surface area contributed by atoms with Gasteiger partial charge in [-0.05, 0) is 48.0 Å². The molecule has 4 nitrogen and oxygen atoms in total. The Morgan fingerprint density at radius 3 is 2.68 bits per heavy atom. The summed E-state index contributed by atoms with van der Waals surface area (Å²) in [6.07, 6.45) is 1.47. The molecule has 0 aliphatic rings. The normalized spacial score (nSPS) is 10.3. The second kappa shape index (κ2) is 5.97. The monoisotopic (exact) mass is 324 g/mol. The van der Waals surface area contributed by atoms with Crippen LogP contribution in [0.2, 0.25) is 0 Å². The van der Waals surface area contributed by atoms with Crippen molar-refractivity contribution in [3.05, 3.63) is 40.4 Å². The number of nitrogens with one attached hydrogen (secondary N) is 2. The number of halogens is 2. The molecule has 0 fully saturated rings. The van der Waals surface area contributed by atoms with E-state index in [0.29, 0.717) is 16.0 Å². The van der Waals surface area contributed by atoms with Crippen molar-refractivity contribution in [3.63, 3.8) is 0 Å². The maximum Gasteiger partial charge on any atom is 0.139 e. The van der Waals surface area contributed by atoms with Gasteiger partial charge in [-0.3, -0.25) is 0 Å². The SMILES string of the molecule is CCNc1ncnc(Nc2ccc(Br)c(F)c2)c1C. The number of hydrogen-bond donors (Lipinski definition) is 2. The summed E-state index contributed by atoms with van der Waals surface area (Å²) in [6.45, 7) is 4.69. The lowest BCUT2D eigenvalue weighted by molar-refractivity contribution is 0.622. The Morgan fingerprint density at radius 1 is 1.26 bits per heavy atom. The zero-order valence-corrected chi connectivity index (χ0v) is 12.3. The van der Waals surface area contributed by atoms with E-state index >= 15 is 0 Å². The zero-order chi connectivity index (χ0) is 13.8. The molecule has 0 aliphatic carbocycles. The number of anilines is 3. The van der Waals surface area contributed by atoms with Crippen LogP contribution in [0.25, 0.3) is 0 Å². The van der Waals surface area contributed by atoms with Gasteiger partial charge in [0.05, 0.1) is 4.47 Å². The second-order valence-electron chi connectivity index (χ2n) is 3.98. The summed E-state index contributed by atoms with van der Waals surface area (Å²) in [7, 11) is 0. The van der Waals surface area contributed by atoms with E-state index in [4.69, 9.17) is 0 Å². The second-order valence-corrected chi connectivity index (χ2v) is 4.83. The molecule has 2 N–H and O–H groups in total. The summed E-state index contributed by atoms with van der Waals surface area (Å²) in [5, 5.41) is 6.24. The molecule has 0 aliphatic heterocycles. The molecule has 0 atom stereocenters. The number of benzene rings is 1. The average molecular weight is 325 g/mol. The van der Waals surface area contributed by atoms with Crippen molar-refractivity contribution < 1.29 is 4.39 Å². The van der Waals surface area contributed by atoms with Crippen molar-refractivity contribution in [2.75, 3.05) is 17.2 Å². The summed E-state index contributed by atoms with van der Waals surface area (Å²) in [6, 6.07) is 4.85. The van der Waals surface area contributed by atoms with Crippen molar-refractivity contribution in [1.82, 2.24) is 9.97 Å². The summed E-state index contributed by atoms with van der Waals surface area (Å²) >= 11 is 3.12. The minimum Gasteiger partial charge on any atom is -0.370 e. The van der Waals surface area contributed by atoms with Crippen molar-refractivity contribution in [3.8, 4) is 0 Å². The topological polar surface area (TPSA) is 49.8 Å². The maximum atomic E-state index is 13.5. The van der Waals surface area contributed by atoms with Gasteiger partial charge in [-0.1, -0.05) is 0 Å². The van der Waals surface area contributed by atoms with E-state index < -0.39 is 0 Å². The highest BCUT2D eigenvalue weighted by Crippen LogP contribution is 2.25. The number of rotatable bonds is 4. The van der Waals surface area contributed by atoms with Gasteiger partial charge >= 0.3 is 0 Å². The van der Waals surface area contributed by atoms with Crippen LogP contribution in [-0.2, 0) is 0 Å². The molecule has 19 heavy (non-hydrogen) atoms. The van der Waals surface area contributed by atoms with Crippen LogP contribution in [0.5, 0.6) is 0 Å². The third-order valence-corrected chi connectivity index (χ3v) is 3.25. The fourth-order valence-corrected chi connectivity index (χ4v) is 1.88. The van der Waals surface area contributed by atoms with Crippen molar-refractivity contribution in [1.29, 1.82) is 0 Å². The summed E-state index contributed by atoms with van der Waals surface area (Å²) in [5.74, 6) is 1.12. The summed E-state index contributed by atoms with van der Waals surface area (Å²) in [5.41, 5.74) is 1.54. The van der Waals surface area contributed by atoms with Crippen LogP contribution in [-0.4, -0.2) is 16.5 Å². The summed E-state index contributed by atoms with van der Waals surface area (Å²) < 4.78 is 13.9. The Labute approximate surface area is 119 Å². The lowest BCUT2D eigenvalue weighted by Crippen LogP contribution is -2.05. The van der Waals surface area contributed by atoms with Gasteiger partial charge in [-0.15, -0.1) is 0 Å². The largest absolute Gasteiger partial charge is 0.370 e. The number of nitrogens with zero attached hydrogens (tertiary/aromatic N) is 2. The highest BCUT2D eigenvalue weighted by Gasteiger charge is 2.07. The van der Waals surface area contributed by atoms with Crippen LogP contribution in [0.3, 0.4) is 0 Å². The fourth-order valence-electron chi connectivity index (χ4n) is 1.63. The fraction of sp³-hybridized carbons (Fsp3) is 0.231. The molecule has 0 bridgehead atoms. The Kier molecular flexibility index (Phi) is 4.31. The van der Waals surface area contributed by atoms with Crippen molar-refractivity contribution in [2.45, 2.75) is 13.8 Å². The Morgan fingerprint density at radius 2 is 2.00 bits per heavy atom. The van der Waals surface area contributed by atoms with E-state index in [-0.39, 0.29) is 5.82 Å². The maximum absolute atomic E-state index is 13.5. The molecule has 0 spiro atoms. The summed E-state index contributed by atoms with van der Waals surface area (Å²) in [4.78, 5) is 8.33. The highest BCUT2D eigenvalue weighted by atomic mass is 79.9. The van der Waals surface area contributed by atoms with Crippen LogP contribution in [0.1, 0.15) is 12.5 Å². The third-order valence-electron chi connectivity index (χ3n) is 2.61. The Bertz CT molecular complexity index is 589. The van der Waals surface area contributed by atoms with Gasteiger partial charge in [-0.25, -0.2) is 14.4 Å². The molecule has 2 rings (SSSR count). The first-order valence-corrected chi connectivity index (χ1v) is 6.68. The van der Waals surface area contributed by atoms with Gasteiger partial charge in [0.15, 0.2) is 0 Å². The van der Waals surface area contributed by atoms with Gasteiger partial charge in [0, 0.05) is 17.8 Å². The third kappa shape index (κ3) is 3.20. The lowest BCUT2D eigenvalue weighted by Gasteiger charge is -2.12.